The topological polar surface area (TPSA) is 58.9 Å². The Kier molecular flexibility index (Phi) is 2.36. The lowest BCUT2D eigenvalue weighted by Gasteiger charge is -1.92. The zero-order valence-electron chi connectivity index (χ0n) is 9.59. The second kappa shape index (κ2) is 4.01. The van der Waals surface area contributed by atoms with Crippen molar-refractivity contribution in [3.63, 3.8) is 0 Å². The minimum absolute atomic E-state index is 0.717. The number of nitrogens with zero attached hydrogens (tertiary/aromatic N) is 4. The fraction of sp³-hybridized carbons (Fsp3) is 0.250. The summed E-state index contributed by atoms with van der Waals surface area (Å²) in [5.41, 5.74) is 1.98. The van der Waals surface area contributed by atoms with Crippen LogP contribution >= 0.6 is 0 Å². The third kappa shape index (κ3) is 1.69. The molecule has 3 heterocycles. The van der Waals surface area contributed by atoms with Crippen LogP contribution in [0.5, 0.6) is 0 Å². The molecule has 5 nitrogen and oxygen atoms in total. The van der Waals surface area contributed by atoms with Gasteiger partial charge in [-0.15, -0.1) is 0 Å². The molecule has 0 amide bonds. The maximum absolute atomic E-state index is 4.47. The lowest BCUT2D eigenvalue weighted by Crippen LogP contribution is -1.86. The van der Waals surface area contributed by atoms with Crippen LogP contribution in [-0.2, 0) is 6.42 Å². The van der Waals surface area contributed by atoms with Gasteiger partial charge in [0.2, 0.25) is 0 Å². The van der Waals surface area contributed by atoms with Gasteiger partial charge in [-0.25, -0.2) is 9.50 Å². The Hall–Kier alpha value is -2.17. The van der Waals surface area contributed by atoms with E-state index in [0.717, 1.165) is 35.6 Å². The lowest BCUT2D eigenvalue weighted by atomic mass is 10.2. The zero-order chi connectivity index (χ0) is 11.7. The Morgan fingerprint density at radius 3 is 3.18 bits per heavy atom. The van der Waals surface area contributed by atoms with Crippen molar-refractivity contribution in [3.8, 4) is 11.4 Å². The van der Waals surface area contributed by atoms with E-state index in [0.29, 0.717) is 0 Å². The van der Waals surface area contributed by atoms with Gasteiger partial charge in [0.25, 0.3) is 0 Å². The molecule has 5 heteroatoms. The first-order valence-corrected chi connectivity index (χ1v) is 5.72. The van der Waals surface area contributed by atoms with Crippen molar-refractivity contribution in [2.75, 3.05) is 0 Å². The number of hydrogen-bond donors (Lipinski definition) is 1. The molecule has 0 bridgehead atoms. The predicted molar refractivity (Wildman–Crippen MR) is 64.6 cm³/mol. The quantitative estimate of drug-likeness (QED) is 0.745. The molecule has 3 rings (SSSR count). The Bertz CT molecular complexity index is 637. The number of nitrogens with one attached hydrogen (secondary N) is 1. The summed E-state index contributed by atoms with van der Waals surface area (Å²) in [4.78, 5) is 4.47. The molecule has 0 fully saturated rings. The number of rotatable bonds is 3. The third-order valence-electron chi connectivity index (χ3n) is 2.69. The molecule has 0 spiro atoms. The van der Waals surface area contributed by atoms with Crippen molar-refractivity contribution >= 4 is 5.52 Å². The summed E-state index contributed by atoms with van der Waals surface area (Å²) in [6.07, 6.45) is 5.70. The van der Waals surface area contributed by atoms with E-state index in [-0.39, 0.29) is 0 Å². The van der Waals surface area contributed by atoms with E-state index in [1.165, 1.54) is 0 Å². The number of pyridine rings is 1. The smallest absolute Gasteiger partial charge is 0.184 e. The minimum Gasteiger partial charge on any atom is -0.263 e. The van der Waals surface area contributed by atoms with Crippen molar-refractivity contribution in [1.29, 1.82) is 0 Å². The van der Waals surface area contributed by atoms with Crippen LogP contribution in [0.25, 0.3) is 16.9 Å². The van der Waals surface area contributed by atoms with Crippen molar-refractivity contribution < 1.29 is 0 Å². The van der Waals surface area contributed by atoms with E-state index in [1.54, 1.807) is 6.20 Å². The van der Waals surface area contributed by atoms with Gasteiger partial charge in [0.1, 0.15) is 5.82 Å². The monoisotopic (exact) mass is 227 g/mol. The second-order valence-electron chi connectivity index (χ2n) is 3.94. The first-order chi connectivity index (χ1) is 8.38. The van der Waals surface area contributed by atoms with Crippen molar-refractivity contribution in [2.24, 2.45) is 0 Å². The Balaban J connectivity index is 2.07. The second-order valence-corrected chi connectivity index (χ2v) is 3.94. The van der Waals surface area contributed by atoms with Crippen LogP contribution in [0.4, 0.5) is 0 Å². The molecule has 0 atom stereocenters. The molecule has 0 aliphatic rings. The SMILES string of the molecule is CCCc1nc(-c2cnn3ccccc23)n[nH]1. The normalized spacial score (nSPS) is 11.1. The highest BCUT2D eigenvalue weighted by molar-refractivity contribution is 5.75. The standard InChI is InChI=1S/C12H13N5/c1-2-5-11-14-12(16-15-11)9-8-13-17-7-4-3-6-10(9)17/h3-4,6-8H,2,5H2,1H3,(H,14,15,16). The van der Waals surface area contributed by atoms with Gasteiger partial charge >= 0.3 is 0 Å². The fourth-order valence-corrected chi connectivity index (χ4v) is 1.87. The van der Waals surface area contributed by atoms with E-state index in [2.05, 4.69) is 27.2 Å². The molecule has 86 valence electrons. The van der Waals surface area contributed by atoms with Gasteiger partial charge in [0, 0.05) is 12.6 Å². The zero-order valence-corrected chi connectivity index (χ0v) is 9.59. The lowest BCUT2D eigenvalue weighted by molar-refractivity contribution is 0.841. The number of aromatic nitrogens is 5. The number of aryl methyl sites for hydroxylation is 1. The number of fused-ring (bicyclic) bond motifs is 1. The first-order valence-electron chi connectivity index (χ1n) is 5.72. The summed E-state index contributed by atoms with van der Waals surface area (Å²) in [7, 11) is 0. The number of aromatic amines is 1. The molecule has 1 N–H and O–H groups in total. The summed E-state index contributed by atoms with van der Waals surface area (Å²) in [6, 6.07) is 5.95. The van der Waals surface area contributed by atoms with Crippen LogP contribution < -0.4 is 0 Å². The molecule has 0 aliphatic carbocycles. The maximum Gasteiger partial charge on any atom is 0.184 e. The predicted octanol–water partition coefficient (Wildman–Crippen LogP) is 2.07. The molecule has 3 aromatic heterocycles. The van der Waals surface area contributed by atoms with Crippen LogP contribution in [0.3, 0.4) is 0 Å². The molecule has 0 saturated heterocycles. The van der Waals surface area contributed by atoms with E-state index in [1.807, 2.05) is 28.9 Å². The highest BCUT2D eigenvalue weighted by Gasteiger charge is 2.10. The summed E-state index contributed by atoms with van der Waals surface area (Å²) >= 11 is 0. The van der Waals surface area contributed by atoms with Crippen LogP contribution in [-0.4, -0.2) is 24.8 Å². The van der Waals surface area contributed by atoms with Crippen LogP contribution in [0.15, 0.2) is 30.6 Å². The Morgan fingerprint density at radius 2 is 2.29 bits per heavy atom. The van der Waals surface area contributed by atoms with Gasteiger partial charge in [-0.05, 0) is 18.6 Å². The van der Waals surface area contributed by atoms with Gasteiger partial charge in [0.15, 0.2) is 5.82 Å². The average molecular weight is 227 g/mol. The van der Waals surface area contributed by atoms with E-state index in [9.17, 15) is 0 Å². The molecule has 0 radical (unpaired) electrons. The molecular formula is C12H13N5. The summed E-state index contributed by atoms with van der Waals surface area (Å²) in [5.74, 6) is 1.65. The van der Waals surface area contributed by atoms with Gasteiger partial charge in [-0.1, -0.05) is 13.0 Å². The molecule has 0 unspecified atom stereocenters. The van der Waals surface area contributed by atoms with E-state index >= 15 is 0 Å². The van der Waals surface area contributed by atoms with Crippen molar-refractivity contribution in [2.45, 2.75) is 19.8 Å². The maximum atomic E-state index is 4.47. The van der Waals surface area contributed by atoms with Gasteiger partial charge in [0.05, 0.1) is 17.3 Å². The van der Waals surface area contributed by atoms with Crippen molar-refractivity contribution in [1.82, 2.24) is 24.8 Å². The fourth-order valence-electron chi connectivity index (χ4n) is 1.87. The highest BCUT2D eigenvalue weighted by Crippen LogP contribution is 2.20. The molecular weight excluding hydrogens is 214 g/mol. The van der Waals surface area contributed by atoms with Gasteiger partial charge in [-0.3, -0.25) is 5.10 Å². The average Bonchev–Trinajstić information content (AvgIpc) is 2.95. The summed E-state index contributed by atoms with van der Waals surface area (Å²) < 4.78 is 1.82. The third-order valence-corrected chi connectivity index (χ3v) is 2.69. The molecule has 0 aliphatic heterocycles. The van der Waals surface area contributed by atoms with Crippen LogP contribution in [0.2, 0.25) is 0 Å². The molecule has 3 aromatic rings. The first kappa shape index (κ1) is 10.0. The van der Waals surface area contributed by atoms with Gasteiger partial charge in [-0.2, -0.15) is 10.2 Å². The molecule has 0 aromatic carbocycles. The largest absolute Gasteiger partial charge is 0.263 e. The highest BCUT2D eigenvalue weighted by atomic mass is 15.2. The van der Waals surface area contributed by atoms with Crippen LogP contribution in [0.1, 0.15) is 19.2 Å². The number of H-pyrrole nitrogens is 1. The minimum atomic E-state index is 0.717. The number of hydrogen-bond acceptors (Lipinski definition) is 3. The van der Waals surface area contributed by atoms with E-state index < -0.39 is 0 Å². The van der Waals surface area contributed by atoms with Crippen LogP contribution in [0, 0.1) is 0 Å². The summed E-state index contributed by atoms with van der Waals surface area (Å²) in [5, 5.41) is 11.5. The Morgan fingerprint density at radius 1 is 1.35 bits per heavy atom. The van der Waals surface area contributed by atoms with Crippen molar-refractivity contribution in [3.05, 3.63) is 36.4 Å². The summed E-state index contributed by atoms with van der Waals surface area (Å²) in [6.45, 7) is 2.12. The molecule has 17 heavy (non-hydrogen) atoms. The molecule has 0 saturated carbocycles. The van der Waals surface area contributed by atoms with Gasteiger partial charge < -0.3 is 0 Å². The Labute approximate surface area is 98.5 Å². The van der Waals surface area contributed by atoms with E-state index in [4.69, 9.17) is 0 Å².